The number of carbonyl (C=O) groups is 1. The monoisotopic (exact) mass is 683 g/mol. The highest BCUT2D eigenvalue weighted by Gasteiger charge is 2.31. The van der Waals surface area contributed by atoms with E-state index in [0.29, 0.717) is 11.7 Å². The SMILES string of the molecule is Cc1nc(C(=O)N2CCCCC2Cc2nc3ccccc3s2)c(-c2ccc(F)cc2)s1.c1ccc2sc(CC3CCCCN3)nc2c1. The molecular formula is C37H38FN5OS3. The quantitative estimate of drug-likeness (QED) is 0.190. The number of hydrogen-bond acceptors (Lipinski definition) is 8. The minimum atomic E-state index is -0.287. The molecule has 0 radical (unpaired) electrons. The third-order valence-electron chi connectivity index (χ3n) is 8.85. The van der Waals surface area contributed by atoms with Gasteiger partial charge in [-0.1, -0.05) is 42.8 Å². The number of aryl methyl sites for hydroxylation is 1. The Hall–Kier alpha value is -3.57. The first-order chi connectivity index (χ1) is 23.0. The Morgan fingerprint density at radius 1 is 0.809 bits per heavy atom. The lowest BCUT2D eigenvalue weighted by Crippen LogP contribution is -2.45. The molecule has 47 heavy (non-hydrogen) atoms. The predicted octanol–water partition coefficient (Wildman–Crippen LogP) is 9.09. The van der Waals surface area contributed by atoms with Crippen molar-refractivity contribution in [1.82, 2.24) is 25.2 Å². The first-order valence-corrected chi connectivity index (χ1v) is 18.9. The summed E-state index contributed by atoms with van der Waals surface area (Å²) in [4.78, 5) is 30.5. The number of nitrogens with one attached hydrogen (secondary N) is 1. The van der Waals surface area contributed by atoms with Gasteiger partial charge >= 0.3 is 0 Å². The molecule has 6 aromatic rings. The lowest BCUT2D eigenvalue weighted by Gasteiger charge is -2.35. The number of aromatic nitrogens is 3. The van der Waals surface area contributed by atoms with Crippen LogP contribution >= 0.6 is 34.0 Å². The molecule has 2 aliphatic heterocycles. The van der Waals surface area contributed by atoms with Gasteiger partial charge in [0.2, 0.25) is 0 Å². The summed E-state index contributed by atoms with van der Waals surface area (Å²) >= 11 is 5.03. The van der Waals surface area contributed by atoms with Crippen molar-refractivity contribution >= 4 is 60.4 Å². The summed E-state index contributed by atoms with van der Waals surface area (Å²) in [5.74, 6) is -0.320. The third kappa shape index (κ3) is 7.62. The number of benzene rings is 3. The van der Waals surface area contributed by atoms with E-state index in [9.17, 15) is 9.18 Å². The molecule has 3 aromatic carbocycles. The fourth-order valence-corrected chi connectivity index (χ4v) is 9.51. The second-order valence-electron chi connectivity index (χ2n) is 12.3. The van der Waals surface area contributed by atoms with Gasteiger partial charge in [0.1, 0.15) is 11.5 Å². The lowest BCUT2D eigenvalue weighted by molar-refractivity contribution is 0.0609. The number of piperidine rings is 2. The predicted molar refractivity (Wildman–Crippen MR) is 193 cm³/mol. The van der Waals surface area contributed by atoms with Crippen molar-refractivity contribution in [2.45, 2.75) is 70.4 Å². The number of hydrogen-bond donors (Lipinski definition) is 1. The molecule has 2 aliphatic rings. The van der Waals surface area contributed by atoms with E-state index in [4.69, 9.17) is 4.98 Å². The van der Waals surface area contributed by atoms with E-state index in [1.54, 1.807) is 23.5 Å². The number of thiazole rings is 3. The molecule has 0 bridgehead atoms. The zero-order valence-corrected chi connectivity index (χ0v) is 28.9. The molecule has 2 fully saturated rings. The van der Waals surface area contributed by atoms with Crippen molar-refractivity contribution in [2.75, 3.05) is 13.1 Å². The van der Waals surface area contributed by atoms with E-state index < -0.39 is 0 Å². The Labute approximate surface area is 286 Å². The number of amides is 1. The fraction of sp³-hybridized carbons (Fsp3) is 0.351. The normalized spacial score (nSPS) is 18.3. The van der Waals surface area contributed by atoms with E-state index in [1.807, 2.05) is 41.4 Å². The Balaban J connectivity index is 0.000000183. The van der Waals surface area contributed by atoms with Gasteiger partial charge in [0, 0.05) is 31.5 Å². The van der Waals surface area contributed by atoms with Crippen molar-refractivity contribution in [3.8, 4) is 10.4 Å². The molecule has 0 spiro atoms. The van der Waals surface area contributed by atoms with Gasteiger partial charge in [-0.15, -0.1) is 34.0 Å². The van der Waals surface area contributed by atoms with Crippen molar-refractivity contribution in [2.24, 2.45) is 0 Å². The summed E-state index contributed by atoms with van der Waals surface area (Å²) in [6, 6.07) is 23.6. The molecule has 1 amide bonds. The smallest absolute Gasteiger partial charge is 0.274 e. The third-order valence-corrected chi connectivity index (χ3v) is 12.0. The molecule has 8 rings (SSSR count). The highest BCUT2D eigenvalue weighted by molar-refractivity contribution is 7.19. The first kappa shape index (κ1) is 32.0. The maximum atomic E-state index is 13.6. The van der Waals surface area contributed by atoms with E-state index in [0.717, 1.165) is 70.1 Å². The van der Waals surface area contributed by atoms with Crippen LogP contribution in [0.1, 0.15) is 64.0 Å². The summed E-state index contributed by atoms with van der Waals surface area (Å²) in [6.45, 7) is 3.81. The maximum absolute atomic E-state index is 13.6. The standard InChI is InChI=1S/C24H22FN3OS2.C13H16N2S/c1-15-26-22(23(30-15)16-9-11-17(25)12-10-16)24(29)28-13-5-4-6-18(28)14-21-27-19-7-2-3-8-20(19)31-21;1-2-7-12-11(6-1)15-13(16-12)9-10-5-3-4-8-14-10/h2-3,7-12,18H,4-6,13-14H2,1H3;1-2,6-7,10,14H,3-5,8-9H2. The number of fused-ring (bicyclic) bond motifs is 2. The summed E-state index contributed by atoms with van der Waals surface area (Å²) in [5, 5.41) is 6.76. The number of rotatable bonds is 6. The Kier molecular flexibility index (Phi) is 10.00. The van der Waals surface area contributed by atoms with E-state index in [-0.39, 0.29) is 17.8 Å². The van der Waals surface area contributed by atoms with Gasteiger partial charge in [-0.25, -0.2) is 19.3 Å². The molecular weight excluding hydrogens is 646 g/mol. The summed E-state index contributed by atoms with van der Waals surface area (Å²) in [5.41, 5.74) is 3.48. The van der Waals surface area contributed by atoms with Gasteiger partial charge in [0.15, 0.2) is 0 Å². The van der Waals surface area contributed by atoms with Crippen LogP contribution in [0.15, 0.2) is 72.8 Å². The number of nitrogens with zero attached hydrogens (tertiary/aromatic N) is 4. The lowest BCUT2D eigenvalue weighted by atomic mass is 9.98. The molecule has 2 atom stereocenters. The van der Waals surface area contributed by atoms with Crippen molar-refractivity contribution in [1.29, 1.82) is 0 Å². The van der Waals surface area contributed by atoms with E-state index >= 15 is 0 Å². The fourth-order valence-electron chi connectivity index (χ4n) is 6.51. The summed E-state index contributed by atoms with van der Waals surface area (Å²) in [6.07, 6.45) is 8.93. The number of para-hydroxylation sites is 2. The average molecular weight is 684 g/mol. The van der Waals surface area contributed by atoms with Gasteiger partial charge < -0.3 is 10.2 Å². The zero-order chi connectivity index (χ0) is 32.2. The van der Waals surface area contributed by atoms with Crippen molar-refractivity contribution in [3.63, 3.8) is 0 Å². The van der Waals surface area contributed by atoms with Gasteiger partial charge in [-0.05, 0) is 87.5 Å². The number of halogens is 1. The Bertz CT molecular complexity index is 1890. The highest BCUT2D eigenvalue weighted by Crippen LogP contribution is 2.34. The van der Waals surface area contributed by atoms with Gasteiger partial charge in [-0.3, -0.25) is 4.79 Å². The van der Waals surface area contributed by atoms with Crippen LogP contribution in [0.4, 0.5) is 4.39 Å². The molecule has 6 nitrogen and oxygen atoms in total. The first-order valence-electron chi connectivity index (χ1n) is 16.5. The van der Waals surface area contributed by atoms with Crippen LogP contribution < -0.4 is 5.32 Å². The Morgan fingerprint density at radius 3 is 2.13 bits per heavy atom. The average Bonchev–Trinajstić information content (AvgIpc) is 3.81. The van der Waals surface area contributed by atoms with Crippen LogP contribution in [0.3, 0.4) is 0 Å². The molecule has 0 aliphatic carbocycles. The van der Waals surface area contributed by atoms with E-state index in [1.165, 1.54) is 63.7 Å². The summed E-state index contributed by atoms with van der Waals surface area (Å²) in [7, 11) is 0. The van der Waals surface area contributed by atoms with Crippen LogP contribution in [0, 0.1) is 12.7 Å². The second kappa shape index (κ2) is 14.7. The van der Waals surface area contributed by atoms with E-state index in [2.05, 4.69) is 45.6 Å². The van der Waals surface area contributed by atoms with Crippen molar-refractivity contribution in [3.05, 3.63) is 99.3 Å². The molecule has 5 heterocycles. The van der Waals surface area contributed by atoms with Gasteiger partial charge in [-0.2, -0.15) is 0 Å². The van der Waals surface area contributed by atoms with Crippen LogP contribution in [-0.2, 0) is 12.8 Å². The van der Waals surface area contributed by atoms with Crippen LogP contribution in [0.5, 0.6) is 0 Å². The largest absolute Gasteiger partial charge is 0.334 e. The van der Waals surface area contributed by atoms with Crippen LogP contribution in [-0.4, -0.2) is 50.9 Å². The minimum Gasteiger partial charge on any atom is -0.334 e. The molecule has 2 unspecified atom stereocenters. The zero-order valence-electron chi connectivity index (χ0n) is 26.5. The molecule has 242 valence electrons. The highest BCUT2D eigenvalue weighted by atomic mass is 32.1. The summed E-state index contributed by atoms with van der Waals surface area (Å²) < 4.78 is 15.9. The number of likely N-dealkylation sites (tertiary alicyclic amines) is 1. The van der Waals surface area contributed by atoms with Gasteiger partial charge in [0.05, 0.1) is 40.3 Å². The second-order valence-corrected chi connectivity index (χ2v) is 15.7. The van der Waals surface area contributed by atoms with Crippen LogP contribution in [0.25, 0.3) is 30.9 Å². The molecule has 10 heteroatoms. The van der Waals surface area contributed by atoms with Crippen LogP contribution in [0.2, 0.25) is 0 Å². The maximum Gasteiger partial charge on any atom is 0.274 e. The Morgan fingerprint density at radius 2 is 1.47 bits per heavy atom. The molecule has 0 saturated carbocycles. The molecule has 1 N–H and O–H groups in total. The number of carbonyl (C=O) groups excluding carboxylic acids is 1. The topological polar surface area (TPSA) is 71.0 Å². The molecule has 2 saturated heterocycles. The van der Waals surface area contributed by atoms with Crippen molar-refractivity contribution < 1.29 is 9.18 Å². The minimum absolute atomic E-state index is 0.0329. The molecule has 3 aromatic heterocycles. The van der Waals surface area contributed by atoms with Gasteiger partial charge in [0.25, 0.3) is 5.91 Å².